The van der Waals surface area contributed by atoms with Crippen LogP contribution < -0.4 is 5.73 Å². The van der Waals surface area contributed by atoms with Crippen LogP contribution in [0, 0.1) is 0 Å². The highest BCUT2D eigenvalue weighted by Crippen LogP contribution is 2.24. The van der Waals surface area contributed by atoms with E-state index in [4.69, 9.17) is 5.73 Å². The van der Waals surface area contributed by atoms with Crippen molar-refractivity contribution in [1.82, 2.24) is 19.9 Å². The lowest BCUT2D eigenvalue weighted by molar-refractivity contribution is 0.922. The summed E-state index contributed by atoms with van der Waals surface area (Å²) in [7, 11) is 0. The molecule has 0 saturated heterocycles. The predicted molar refractivity (Wildman–Crippen MR) is 75.5 cm³/mol. The van der Waals surface area contributed by atoms with Crippen LogP contribution in [0.4, 0.5) is 5.95 Å². The molecule has 3 aromatic rings. The first kappa shape index (κ1) is 11.6. The number of anilines is 1. The molecule has 2 aromatic heterocycles. The fraction of sp³-hybridized carbons (Fsp3) is 0.214. The maximum absolute atomic E-state index is 5.72. The Hall–Kier alpha value is -2.43. The van der Waals surface area contributed by atoms with Crippen molar-refractivity contribution < 1.29 is 0 Å². The highest BCUT2D eigenvalue weighted by Gasteiger charge is 2.10. The Morgan fingerprint density at radius 3 is 2.68 bits per heavy atom. The number of imidazole rings is 1. The minimum Gasteiger partial charge on any atom is -0.368 e. The van der Waals surface area contributed by atoms with E-state index in [1.807, 2.05) is 0 Å². The number of nitrogens with one attached hydrogen (secondary N) is 1. The van der Waals surface area contributed by atoms with Crippen molar-refractivity contribution in [2.75, 3.05) is 5.73 Å². The van der Waals surface area contributed by atoms with Crippen molar-refractivity contribution in [2.24, 2.45) is 0 Å². The molecule has 3 rings (SSSR count). The van der Waals surface area contributed by atoms with E-state index in [1.54, 1.807) is 6.33 Å². The molecule has 3 N–H and O–H groups in total. The van der Waals surface area contributed by atoms with Gasteiger partial charge in [-0.3, -0.25) is 0 Å². The van der Waals surface area contributed by atoms with E-state index >= 15 is 0 Å². The lowest BCUT2D eigenvalue weighted by Gasteiger charge is -2.05. The second-order valence-corrected chi connectivity index (χ2v) is 4.48. The third-order valence-corrected chi connectivity index (χ3v) is 3.07. The van der Waals surface area contributed by atoms with Gasteiger partial charge >= 0.3 is 0 Å². The predicted octanol–water partition coefficient (Wildman–Crippen LogP) is 2.55. The maximum Gasteiger partial charge on any atom is 0.222 e. The first-order chi connectivity index (χ1) is 9.28. The molecule has 0 unspecified atom stereocenters. The molecule has 5 heteroatoms. The molecule has 0 bridgehead atoms. The molecular formula is C14H15N5. The van der Waals surface area contributed by atoms with Gasteiger partial charge in [0.25, 0.3) is 0 Å². The van der Waals surface area contributed by atoms with E-state index in [1.165, 1.54) is 5.56 Å². The van der Waals surface area contributed by atoms with Crippen molar-refractivity contribution >= 4 is 17.1 Å². The van der Waals surface area contributed by atoms with Crippen LogP contribution in [0.3, 0.4) is 0 Å². The molecule has 96 valence electrons. The number of hydrogen-bond acceptors (Lipinski definition) is 4. The number of aromatic amines is 1. The maximum atomic E-state index is 5.72. The smallest absolute Gasteiger partial charge is 0.222 e. The number of hydrogen-bond donors (Lipinski definition) is 2. The molecule has 2 heterocycles. The largest absolute Gasteiger partial charge is 0.368 e. The lowest BCUT2D eigenvalue weighted by Crippen LogP contribution is -1.98. The molecule has 0 aliphatic carbocycles. The van der Waals surface area contributed by atoms with Gasteiger partial charge < -0.3 is 10.7 Å². The summed E-state index contributed by atoms with van der Waals surface area (Å²) >= 11 is 0. The van der Waals surface area contributed by atoms with Gasteiger partial charge in [-0.05, 0) is 12.0 Å². The summed E-state index contributed by atoms with van der Waals surface area (Å²) in [6, 6.07) is 8.37. The van der Waals surface area contributed by atoms with Gasteiger partial charge in [-0.1, -0.05) is 37.6 Å². The number of rotatable bonds is 3. The van der Waals surface area contributed by atoms with Crippen molar-refractivity contribution in [3.05, 3.63) is 36.2 Å². The van der Waals surface area contributed by atoms with Crippen LogP contribution in [0.15, 0.2) is 30.6 Å². The third kappa shape index (κ3) is 2.14. The minimum absolute atomic E-state index is 0.243. The Balaban J connectivity index is 2.10. The van der Waals surface area contributed by atoms with Crippen LogP contribution in [0.5, 0.6) is 0 Å². The van der Waals surface area contributed by atoms with Gasteiger partial charge in [-0.15, -0.1) is 0 Å². The van der Waals surface area contributed by atoms with Crippen LogP contribution in [-0.4, -0.2) is 19.9 Å². The normalized spacial score (nSPS) is 11.0. The Morgan fingerprint density at radius 1 is 1.16 bits per heavy atom. The quantitative estimate of drug-likeness (QED) is 0.751. The number of fused-ring (bicyclic) bond motifs is 1. The van der Waals surface area contributed by atoms with Gasteiger partial charge in [0.05, 0.1) is 6.33 Å². The van der Waals surface area contributed by atoms with Gasteiger partial charge in [0.15, 0.2) is 5.65 Å². The molecule has 0 spiro atoms. The Bertz CT molecular complexity index is 699. The molecule has 0 fully saturated rings. The number of nitrogens with zero attached hydrogens (tertiary/aromatic N) is 3. The summed E-state index contributed by atoms with van der Waals surface area (Å²) in [6.07, 6.45) is 3.84. The molecule has 0 atom stereocenters. The highest BCUT2D eigenvalue weighted by atomic mass is 15.1. The second-order valence-electron chi connectivity index (χ2n) is 4.48. The first-order valence-corrected chi connectivity index (χ1v) is 6.34. The number of aromatic nitrogens is 4. The number of H-pyrrole nitrogens is 1. The van der Waals surface area contributed by atoms with E-state index in [0.29, 0.717) is 5.65 Å². The van der Waals surface area contributed by atoms with Crippen LogP contribution in [-0.2, 0) is 6.42 Å². The topological polar surface area (TPSA) is 80.5 Å². The van der Waals surface area contributed by atoms with E-state index in [2.05, 4.69) is 51.1 Å². The lowest BCUT2D eigenvalue weighted by atomic mass is 10.1. The highest BCUT2D eigenvalue weighted by molar-refractivity contribution is 5.87. The summed E-state index contributed by atoms with van der Waals surface area (Å²) in [5.41, 5.74) is 10.3. The van der Waals surface area contributed by atoms with Crippen LogP contribution in [0.2, 0.25) is 0 Å². The Kier molecular flexibility index (Phi) is 2.87. The third-order valence-electron chi connectivity index (χ3n) is 3.07. The number of benzene rings is 1. The average molecular weight is 253 g/mol. The van der Waals surface area contributed by atoms with Gasteiger partial charge in [-0.25, -0.2) is 9.97 Å². The van der Waals surface area contributed by atoms with E-state index < -0.39 is 0 Å². The standard InChI is InChI=1S/C14H15N5/c1-2-3-9-4-6-10(7-5-9)11-12-13(17-8-16-12)19-14(15)18-11/h4-8H,2-3H2,1H3,(H3,15,16,17,18,19). The summed E-state index contributed by atoms with van der Waals surface area (Å²) in [5, 5.41) is 0. The molecule has 5 nitrogen and oxygen atoms in total. The fourth-order valence-electron chi connectivity index (χ4n) is 2.18. The molecule has 0 saturated carbocycles. The molecular weight excluding hydrogens is 238 g/mol. The number of nitrogen functional groups attached to an aromatic ring is 1. The van der Waals surface area contributed by atoms with E-state index in [9.17, 15) is 0 Å². The zero-order valence-corrected chi connectivity index (χ0v) is 10.7. The molecule has 0 amide bonds. The molecule has 0 aliphatic rings. The Morgan fingerprint density at radius 2 is 1.95 bits per heavy atom. The SMILES string of the molecule is CCCc1ccc(-c2nc(N)nc3nc[nH]c23)cc1. The van der Waals surface area contributed by atoms with Gasteiger partial charge in [0.2, 0.25) is 5.95 Å². The number of aryl methyl sites for hydroxylation is 1. The Labute approximate surface area is 110 Å². The van der Waals surface area contributed by atoms with Crippen molar-refractivity contribution in [3.8, 4) is 11.3 Å². The molecule has 0 aliphatic heterocycles. The molecule has 0 radical (unpaired) electrons. The first-order valence-electron chi connectivity index (χ1n) is 6.34. The summed E-state index contributed by atoms with van der Waals surface area (Å²) in [6.45, 7) is 2.17. The summed E-state index contributed by atoms with van der Waals surface area (Å²) in [4.78, 5) is 15.6. The zero-order chi connectivity index (χ0) is 13.2. The number of nitrogens with two attached hydrogens (primary N) is 1. The fourth-order valence-corrected chi connectivity index (χ4v) is 2.18. The van der Waals surface area contributed by atoms with Crippen LogP contribution >= 0.6 is 0 Å². The van der Waals surface area contributed by atoms with Crippen molar-refractivity contribution in [2.45, 2.75) is 19.8 Å². The van der Waals surface area contributed by atoms with Crippen LogP contribution in [0.25, 0.3) is 22.4 Å². The van der Waals surface area contributed by atoms with Crippen LogP contribution in [0.1, 0.15) is 18.9 Å². The van der Waals surface area contributed by atoms with E-state index in [0.717, 1.165) is 29.6 Å². The molecule has 19 heavy (non-hydrogen) atoms. The summed E-state index contributed by atoms with van der Waals surface area (Å²) in [5.74, 6) is 0.243. The van der Waals surface area contributed by atoms with Gasteiger partial charge in [0.1, 0.15) is 11.2 Å². The van der Waals surface area contributed by atoms with Gasteiger partial charge in [-0.2, -0.15) is 4.98 Å². The van der Waals surface area contributed by atoms with Crippen molar-refractivity contribution in [1.29, 1.82) is 0 Å². The average Bonchev–Trinajstić information content (AvgIpc) is 2.87. The second kappa shape index (κ2) is 4.68. The van der Waals surface area contributed by atoms with E-state index in [-0.39, 0.29) is 5.95 Å². The zero-order valence-electron chi connectivity index (χ0n) is 10.7. The summed E-state index contributed by atoms with van der Waals surface area (Å²) < 4.78 is 0. The van der Waals surface area contributed by atoms with Crippen molar-refractivity contribution in [3.63, 3.8) is 0 Å². The van der Waals surface area contributed by atoms with Gasteiger partial charge in [0, 0.05) is 5.56 Å². The monoisotopic (exact) mass is 253 g/mol. The molecule has 1 aromatic carbocycles. The minimum atomic E-state index is 0.243.